The van der Waals surface area contributed by atoms with Gasteiger partial charge in [0.05, 0.1) is 25.2 Å². The van der Waals surface area contributed by atoms with Crippen LogP contribution in [0.5, 0.6) is 0 Å². The third-order valence-corrected chi connectivity index (χ3v) is 4.40. The summed E-state index contributed by atoms with van der Waals surface area (Å²) in [6.07, 6.45) is 0. The van der Waals surface area contributed by atoms with E-state index in [-0.39, 0.29) is 0 Å². The topological polar surface area (TPSA) is 0 Å². The van der Waals surface area contributed by atoms with Crippen molar-refractivity contribution in [2.75, 3.05) is 14.1 Å². The Kier molecular flexibility index (Phi) is 2.47. The number of benzene rings is 2. The predicted octanol–water partition coefficient (Wildman–Crippen LogP) is 5.09. The van der Waals surface area contributed by atoms with Crippen molar-refractivity contribution in [3.63, 3.8) is 0 Å². The molecule has 0 bridgehead atoms. The lowest BCUT2D eigenvalue weighted by molar-refractivity contribution is 0.568. The number of quaternary nitrogens is 1. The molecule has 1 aliphatic rings. The molecule has 0 amide bonds. The predicted molar refractivity (Wildman–Crippen MR) is 80.6 cm³/mol. The van der Waals surface area contributed by atoms with Gasteiger partial charge in [0.15, 0.2) is 0 Å². The number of hydrogen-bond acceptors (Lipinski definition) is 0. The third-order valence-electron chi connectivity index (χ3n) is 3.41. The van der Waals surface area contributed by atoms with Gasteiger partial charge in [-0.25, -0.2) is 0 Å². The second-order valence-electron chi connectivity index (χ2n) is 4.78. The Bertz CT molecular complexity index is 564. The Morgan fingerprint density at radius 3 is 1.59 bits per heavy atom. The highest BCUT2D eigenvalue weighted by Gasteiger charge is 2.36. The molecule has 0 atom stereocenters. The molecular formula is C14H12Br2N+. The van der Waals surface area contributed by atoms with Gasteiger partial charge in [-0.1, -0.05) is 31.9 Å². The van der Waals surface area contributed by atoms with E-state index >= 15 is 0 Å². The summed E-state index contributed by atoms with van der Waals surface area (Å²) < 4.78 is 3.07. The van der Waals surface area contributed by atoms with Crippen LogP contribution in [0, 0.1) is 0 Å². The van der Waals surface area contributed by atoms with Gasteiger partial charge < -0.3 is 0 Å². The van der Waals surface area contributed by atoms with E-state index in [0.29, 0.717) is 0 Å². The van der Waals surface area contributed by atoms with Gasteiger partial charge in [0, 0.05) is 21.1 Å². The van der Waals surface area contributed by atoms with Crippen molar-refractivity contribution in [1.29, 1.82) is 0 Å². The molecule has 3 rings (SSSR count). The molecule has 86 valence electrons. The molecule has 2 aromatic rings. The minimum Gasteiger partial charge on any atom is -0.263 e. The fourth-order valence-electron chi connectivity index (χ4n) is 2.55. The van der Waals surface area contributed by atoms with Gasteiger partial charge in [0.25, 0.3) is 0 Å². The summed E-state index contributed by atoms with van der Waals surface area (Å²) in [7, 11) is 4.46. The van der Waals surface area contributed by atoms with Gasteiger partial charge in [-0.15, -0.1) is 0 Å². The summed E-state index contributed by atoms with van der Waals surface area (Å²) in [5, 5.41) is 0. The second-order valence-corrected chi connectivity index (χ2v) is 6.61. The Balaban J connectivity index is 2.39. The molecule has 17 heavy (non-hydrogen) atoms. The quantitative estimate of drug-likeness (QED) is 0.578. The molecule has 1 aliphatic heterocycles. The summed E-state index contributed by atoms with van der Waals surface area (Å²) >= 11 is 7.11. The Morgan fingerprint density at radius 2 is 1.18 bits per heavy atom. The number of nitrogens with zero attached hydrogens (tertiary/aromatic N) is 1. The van der Waals surface area contributed by atoms with Crippen LogP contribution in [0.3, 0.4) is 0 Å². The number of fused-ring (bicyclic) bond motifs is 3. The normalized spacial score (nSPS) is 15.5. The van der Waals surface area contributed by atoms with Crippen LogP contribution in [0.15, 0.2) is 45.3 Å². The first-order valence-corrected chi connectivity index (χ1v) is 7.03. The smallest absolute Gasteiger partial charge is 0.145 e. The highest BCUT2D eigenvalue weighted by atomic mass is 79.9. The van der Waals surface area contributed by atoms with Crippen molar-refractivity contribution in [3.05, 3.63) is 45.3 Å². The minimum atomic E-state index is 0.811. The molecule has 0 unspecified atom stereocenters. The van der Waals surface area contributed by atoms with E-state index in [2.05, 4.69) is 82.4 Å². The van der Waals surface area contributed by atoms with E-state index in [1.807, 2.05) is 0 Å². The molecule has 0 N–H and O–H groups in total. The summed E-state index contributed by atoms with van der Waals surface area (Å²) in [5.74, 6) is 0. The average Bonchev–Trinajstić information content (AvgIpc) is 2.47. The molecule has 0 aliphatic carbocycles. The van der Waals surface area contributed by atoms with Gasteiger partial charge in [-0.2, -0.15) is 0 Å². The number of halogens is 2. The van der Waals surface area contributed by atoms with E-state index in [4.69, 9.17) is 0 Å². The lowest BCUT2D eigenvalue weighted by Crippen LogP contribution is -2.31. The van der Waals surface area contributed by atoms with E-state index in [1.165, 1.54) is 22.5 Å². The standard InChI is InChI=1S/C14H12Br2N/c1-17(2)13-5-3-9(15)7-11(13)12-8-10(16)4-6-14(12)17/h3-8H,1-2H3/q+1. The average molecular weight is 354 g/mol. The van der Waals surface area contributed by atoms with Gasteiger partial charge >= 0.3 is 0 Å². The lowest BCUT2D eigenvalue weighted by atomic mass is 10.1. The maximum atomic E-state index is 3.55. The molecule has 0 aromatic heterocycles. The van der Waals surface area contributed by atoms with Crippen LogP contribution in [0.1, 0.15) is 0 Å². The Hall–Kier alpha value is -0.640. The van der Waals surface area contributed by atoms with E-state index in [0.717, 1.165) is 13.4 Å². The minimum absolute atomic E-state index is 0.811. The Labute approximate surface area is 118 Å². The summed E-state index contributed by atoms with van der Waals surface area (Å²) in [6, 6.07) is 13.0. The maximum absolute atomic E-state index is 3.55. The zero-order valence-electron chi connectivity index (χ0n) is 9.67. The zero-order chi connectivity index (χ0) is 12.2. The van der Waals surface area contributed by atoms with E-state index in [9.17, 15) is 0 Å². The van der Waals surface area contributed by atoms with Crippen molar-refractivity contribution in [3.8, 4) is 11.1 Å². The van der Waals surface area contributed by atoms with Crippen LogP contribution < -0.4 is 4.48 Å². The second kappa shape index (κ2) is 3.67. The van der Waals surface area contributed by atoms with Crippen LogP contribution in [0.25, 0.3) is 11.1 Å². The van der Waals surface area contributed by atoms with Gasteiger partial charge in [0.2, 0.25) is 0 Å². The highest BCUT2D eigenvalue weighted by Crippen LogP contribution is 2.51. The molecule has 1 heterocycles. The molecule has 3 heteroatoms. The van der Waals surface area contributed by atoms with Crippen molar-refractivity contribution < 1.29 is 0 Å². The molecule has 0 saturated carbocycles. The first-order chi connectivity index (χ1) is 8.00. The third kappa shape index (κ3) is 1.60. The fourth-order valence-corrected chi connectivity index (χ4v) is 3.27. The van der Waals surface area contributed by atoms with Crippen molar-refractivity contribution >= 4 is 43.2 Å². The summed E-state index contributed by atoms with van der Waals surface area (Å²) in [4.78, 5) is 0. The van der Waals surface area contributed by atoms with Crippen LogP contribution in [0.2, 0.25) is 0 Å². The molecule has 2 aromatic carbocycles. The van der Waals surface area contributed by atoms with Crippen LogP contribution in [-0.2, 0) is 0 Å². The molecule has 0 fully saturated rings. The van der Waals surface area contributed by atoms with Gasteiger partial charge in [-0.3, -0.25) is 4.48 Å². The summed E-state index contributed by atoms with van der Waals surface area (Å²) in [5.41, 5.74) is 5.34. The maximum Gasteiger partial charge on any atom is 0.145 e. The van der Waals surface area contributed by atoms with Crippen LogP contribution >= 0.6 is 31.9 Å². The number of hydrogen-bond donors (Lipinski definition) is 0. The van der Waals surface area contributed by atoms with E-state index in [1.54, 1.807) is 0 Å². The van der Waals surface area contributed by atoms with Gasteiger partial charge in [0.1, 0.15) is 11.4 Å². The summed E-state index contributed by atoms with van der Waals surface area (Å²) in [6.45, 7) is 0. The zero-order valence-corrected chi connectivity index (χ0v) is 12.8. The van der Waals surface area contributed by atoms with Gasteiger partial charge in [-0.05, 0) is 24.3 Å². The molecular weight excluding hydrogens is 342 g/mol. The molecule has 0 spiro atoms. The van der Waals surface area contributed by atoms with E-state index < -0.39 is 0 Å². The fraction of sp³-hybridized carbons (Fsp3) is 0.143. The highest BCUT2D eigenvalue weighted by molar-refractivity contribution is 9.10. The molecule has 1 nitrogen and oxygen atoms in total. The lowest BCUT2D eigenvalue weighted by Gasteiger charge is -2.24. The number of rotatable bonds is 0. The molecule has 0 radical (unpaired) electrons. The Morgan fingerprint density at radius 1 is 0.765 bits per heavy atom. The van der Waals surface area contributed by atoms with Crippen molar-refractivity contribution in [2.24, 2.45) is 0 Å². The first-order valence-electron chi connectivity index (χ1n) is 5.45. The van der Waals surface area contributed by atoms with Crippen molar-refractivity contribution in [1.82, 2.24) is 4.48 Å². The largest absolute Gasteiger partial charge is 0.263 e. The first kappa shape index (κ1) is 11.5. The SMILES string of the molecule is C[N+]1(C)c2ccc(Br)cc2-c2cc(Br)ccc21. The van der Waals surface area contributed by atoms with Crippen molar-refractivity contribution in [2.45, 2.75) is 0 Å². The molecule has 0 saturated heterocycles. The van der Waals surface area contributed by atoms with Crippen LogP contribution in [0.4, 0.5) is 11.4 Å². The monoisotopic (exact) mass is 352 g/mol. The van der Waals surface area contributed by atoms with Crippen LogP contribution in [-0.4, -0.2) is 14.1 Å².